The lowest BCUT2D eigenvalue weighted by molar-refractivity contribution is 0.0980. The van der Waals surface area contributed by atoms with Crippen LogP contribution in [-0.4, -0.2) is 22.4 Å². The summed E-state index contributed by atoms with van der Waals surface area (Å²) >= 11 is 0. The summed E-state index contributed by atoms with van der Waals surface area (Å²) in [7, 11) is 0. The lowest BCUT2D eigenvalue weighted by atomic mass is 9.99. The zero-order chi connectivity index (χ0) is 14.1. The van der Waals surface area contributed by atoms with E-state index in [0.717, 1.165) is 30.8 Å². The van der Waals surface area contributed by atoms with Crippen LogP contribution in [0.1, 0.15) is 33.7 Å². The minimum Gasteiger partial charge on any atom is -0.307 e. The van der Waals surface area contributed by atoms with Gasteiger partial charge in [-0.15, -0.1) is 0 Å². The van der Waals surface area contributed by atoms with Gasteiger partial charge in [0.05, 0.1) is 11.9 Å². The minimum absolute atomic E-state index is 0.0673. The Hall–Kier alpha value is -2.23. The van der Waals surface area contributed by atoms with Crippen LogP contribution in [0.15, 0.2) is 30.6 Å². The fraction of sp³-hybridized carbons (Fsp3) is 0.312. The highest BCUT2D eigenvalue weighted by molar-refractivity contribution is 6.05. The number of nitrogens with zero attached hydrogens (tertiary/aromatic N) is 3. The highest BCUT2D eigenvalue weighted by Crippen LogP contribution is 2.28. The van der Waals surface area contributed by atoms with Crippen molar-refractivity contribution in [1.82, 2.24) is 9.97 Å². The molecule has 20 heavy (non-hydrogen) atoms. The van der Waals surface area contributed by atoms with Gasteiger partial charge in [-0.05, 0) is 38.3 Å². The second kappa shape index (κ2) is 5.04. The van der Waals surface area contributed by atoms with Gasteiger partial charge < -0.3 is 4.90 Å². The second-order valence-electron chi connectivity index (χ2n) is 5.24. The number of anilines is 1. The van der Waals surface area contributed by atoms with E-state index in [2.05, 4.69) is 23.0 Å². The van der Waals surface area contributed by atoms with E-state index < -0.39 is 0 Å². The molecule has 2 aromatic rings. The fourth-order valence-electron chi connectivity index (χ4n) is 2.58. The average molecular weight is 267 g/mol. The van der Waals surface area contributed by atoms with E-state index in [1.54, 1.807) is 12.4 Å². The van der Waals surface area contributed by atoms with Gasteiger partial charge in [0.1, 0.15) is 5.69 Å². The van der Waals surface area contributed by atoms with E-state index in [1.165, 1.54) is 11.1 Å². The van der Waals surface area contributed by atoms with Crippen molar-refractivity contribution in [1.29, 1.82) is 0 Å². The summed E-state index contributed by atoms with van der Waals surface area (Å²) in [6.07, 6.45) is 5.20. The van der Waals surface area contributed by atoms with Gasteiger partial charge in [-0.25, -0.2) is 4.98 Å². The van der Waals surface area contributed by atoms with Crippen LogP contribution in [0.3, 0.4) is 0 Å². The van der Waals surface area contributed by atoms with Crippen LogP contribution in [-0.2, 0) is 6.42 Å². The third-order valence-electron chi connectivity index (χ3n) is 3.60. The topological polar surface area (TPSA) is 46.1 Å². The molecule has 0 saturated carbocycles. The highest BCUT2D eigenvalue weighted by atomic mass is 16.2. The molecule has 0 unspecified atom stereocenters. The van der Waals surface area contributed by atoms with E-state index in [0.29, 0.717) is 5.69 Å². The van der Waals surface area contributed by atoms with Gasteiger partial charge in [-0.1, -0.05) is 17.7 Å². The normalized spacial score (nSPS) is 14.0. The first kappa shape index (κ1) is 12.8. The molecule has 0 radical (unpaired) electrons. The van der Waals surface area contributed by atoms with Gasteiger partial charge in [0.25, 0.3) is 5.91 Å². The zero-order valence-corrected chi connectivity index (χ0v) is 11.8. The number of aromatic nitrogens is 2. The highest BCUT2D eigenvalue weighted by Gasteiger charge is 2.24. The van der Waals surface area contributed by atoms with Gasteiger partial charge in [-0.3, -0.25) is 9.78 Å². The van der Waals surface area contributed by atoms with Crippen LogP contribution >= 0.6 is 0 Å². The van der Waals surface area contributed by atoms with Gasteiger partial charge in [0.2, 0.25) is 0 Å². The van der Waals surface area contributed by atoms with Crippen LogP contribution in [0.4, 0.5) is 5.69 Å². The number of fused-ring (bicyclic) bond motifs is 1. The Kier molecular flexibility index (Phi) is 3.22. The number of rotatable bonds is 1. The maximum Gasteiger partial charge on any atom is 0.278 e. The maximum atomic E-state index is 12.6. The number of benzene rings is 1. The van der Waals surface area contributed by atoms with E-state index in [4.69, 9.17) is 0 Å². The van der Waals surface area contributed by atoms with Crippen molar-refractivity contribution in [2.75, 3.05) is 11.4 Å². The number of aryl methyl sites for hydroxylation is 3. The van der Waals surface area contributed by atoms with Crippen molar-refractivity contribution in [3.8, 4) is 0 Å². The van der Waals surface area contributed by atoms with Crippen LogP contribution in [0.5, 0.6) is 0 Å². The summed E-state index contributed by atoms with van der Waals surface area (Å²) in [6, 6.07) is 6.24. The summed E-state index contributed by atoms with van der Waals surface area (Å²) in [6.45, 7) is 4.68. The standard InChI is InChI=1S/C16H17N3O/c1-11-5-6-15-13(8-11)4-3-7-19(15)16(20)14-10-17-12(2)9-18-14/h5-6,8-10H,3-4,7H2,1-2H3. The molecular weight excluding hydrogens is 250 g/mol. The van der Waals surface area contributed by atoms with Gasteiger partial charge in [0, 0.05) is 18.4 Å². The quantitative estimate of drug-likeness (QED) is 0.798. The molecule has 3 rings (SSSR count). The first-order valence-corrected chi connectivity index (χ1v) is 6.85. The lowest BCUT2D eigenvalue weighted by Crippen LogP contribution is -2.36. The summed E-state index contributed by atoms with van der Waals surface area (Å²) < 4.78 is 0. The Bertz CT molecular complexity index is 649. The fourth-order valence-corrected chi connectivity index (χ4v) is 2.58. The van der Waals surface area contributed by atoms with E-state index >= 15 is 0 Å². The first-order valence-electron chi connectivity index (χ1n) is 6.85. The smallest absolute Gasteiger partial charge is 0.278 e. The van der Waals surface area contributed by atoms with Crippen molar-refractivity contribution in [2.45, 2.75) is 26.7 Å². The molecule has 2 heterocycles. The molecule has 1 aromatic heterocycles. The van der Waals surface area contributed by atoms with Crippen LogP contribution in [0.25, 0.3) is 0 Å². The third-order valence-corrected chi connectivity index (χ3v) is 3.60. The molecule has 1 amide bonds. The molecular formula is C16H17N3O. The molecule has 4 nitrogen and oxygen atoms in total. The molecule has 0 bridgehead atoms. The van der Waals surface area contributed by atoms with Crippen LogP contribution in [0, 0.1) is 13.8 Å². The van der Waals surface area contributed by atoms with E-state index in [9.17, 15) is 4.79 Å². The number of amides is 1. The monoisotopic (exact) mass is 267 g/mol. The Labute approximate surface area is 118 Å². The van der Waals surface area contributed by atoms with Crippen LogP contribution < -0.4 is 4.90 Å². The Balaban J connectivity index is 1.96. The van der Waals surface area contributed by atoms with Gasteiger partial charge >= 0.3 is 0 Å². The van der Waals surface area contributed by atoms with Crippen molar-refractivity contribution >= 4 is 11.6 Å². The molecule has 0 N–H and O–H groups in total. The minimum atomic E-state index is -0.0673. The second-order valence-corrected chi connectivity index (χ2v) is 5.24. The Morgan fingerprint density at radius 1 is 1.20 bits per heavy atom. The average Bonchev–Trinajstić information content (AvgIpc) is 2.46. The number of carbonyl (C=O) groups excluding carboxylic acids is 1. The number of hydrogen-bond acceptors (Lipinski definition) is 3. The van der Waals surface area contributed by atoms with Crippen molar-refractivity contribution in [2.24, 2.45) is 0 Å². The third kappa shape index (κ3) is 2.29. The molecule has 1 aliphatic heterocycles. The lowest BCUT2D eigenvalue weighted by Gasteiger charge is -2.29. The molecule has 0 aliphatic carbocycles. The van der Waals surface area contributed by atoms with Crippen molar-refractivity contribution in [3.63, 3.8) is 0 Å². The Morgan fingerprint density at radius 2 is 2.05 bits per heavy atom. The zero-order valence-electron chi connectivity index (χ0n) is 11.8. The molecule has 1 aromatic carbocycles. The maximum absolute atomic E-state index is 12.6. The van der Waals surface area contributed by atoms with E-state index in [-0.39, 0.29) is 5.91 Å². The molecule has 0 spiro atoms. The Morgan fingerprint density at radius 3 is 2.80 bits per heavy atom. The van der Waals surface area contributed by atoms with Crippen molar-refractivity contribution < 1.29 is 4.79 Å². The summed E-state index contributed by atoms with van der Waals surface area (Å²) in [5.74, 6) is -0.0673. The molecule has 102 valence electrons. The SMILES string of the molecule is Cc1ccc2c(c1)CCCN2C(=O)c1cnc(C)cn1. The largest absolute Gasteiger partial charge is 0.307 e. The summed E-state index contributed by atoms with van der Waals surface area (Å²) in [5.41, 5.74) is 4.70. The van der Waals surface area contributed by atoms with Gasteiger partial charge in [0.15, 0.2) is 0 Å². The molecule has 0 atom stereocenters. The molecule has 1 aliphatic rings. The van der Waals surface area contributed by atoms with Crippen molar-refractivity contribution in [3.05, 3.63) is 53.1 Å². The van der Waals surface area contributed by atoms with E-state index in [1.807, 2.05) is 24.0 Å². The first-order chi connectivity index (χ1) is 9.65. The van der Waals surface area contributed by atoms with Crippen LogP contribution in [0.2, 0.25) is 0 Å². The number of carbonyl (C=O) groups is 1. The molecule has 4 heteroatoms. The summed E-state index contributed by atoms with van der Waals surface area (Å²) in [5, 5.41) is 0. The molecule has 0 saturated heterocycles. The van der Waals surface area contributed by atoms with Gasteiger partial charge in [-0.2, -0.15) is 0 Å². The molecule has 0 fully saturated rings. The predicted molar refractivity (Wildman–Crippen MR) is 77.9 cm³/mol. The summed E-state index contributed by atoms with van der Waals surface area (Å²) in [4.78, 5) is 22.7. The predicted octanol–water partition coefficient (Wildman–Crippen LogP) is 2.69. The number of hydrogen-bond donors (Lipinski definition) is 0.